The maximum atomic E-state index is 11.2. The maximum Gasteiger partial charge on any atom is 0.358 e. The number of sulfonamides is 1. The second kappa shape index (κ2) is 3.16. The third kappa shape index (κ3) is 1.75. The van der Waals surface area contributed by atoms with Crippen LogP contribution >= 0.6 is 0 Å². The number of nitrogens with zero attached hydrogens (tertiary/aromatic N) is 3. The quantitative estimate of drug-likeness (QED) is 0.624. The molecule has 15 heavy (non-hydrogen) atoms. The Morgan fingerprint density at radius 3 is 2.93 bits per heavy atom. The molecular formula is C7H7N3O4S. The normalized spacial score (nSPS) is 22.8. The zero-order valence-corrected chi connectivity index (χ0v) is 8.31. The highest BCUT2D eigenvalue weighted by atomic mass is 32.2. The first-order valence-corrected chi connectivity index (χ1v) is 5.68. The van der Waals surface area contributed by atoms with Gasteiger partial charge in [0.05, 0.1) is 5.75 Å². The molecule has 0 aliphatic carbocycles. The molecule has 0 unspecified atom stereocenters. The lowest BCUT2D eigenvalue weighted by Gasteiger charge is -2.26. The van der Waals surface area contributed by atoms with Crippen LogP contribution in [-0.4, -0.2) is 48.2 Å². The SMILES string of the molecule is O=C(O)C1=NC=CN2CCS(=O)(=O)N=C12. The molecule has 80 valence electrons. The van der Waals surface area contributed by atoms with Crippen LogP contribution in [0.1, 0.15) is 0 Å². The van der Waals surface area contributed by atoms with E-state index in [4.69, 9.17) is 5.11 Å². The predicted octanol–water partition coefficient (Wildman–Crippen LogP) is -0.959. The van der Waals surface area contributed by atoms with Crippen molar-refractivity contribution in [3.05, 3.63) is 12.4 Å². The molecular weight excluding hydrogens is 222 g/mol. The molecule has 2 heterocycles. The van der Waals surface area contributed by atoms with Gasteiger partial charge in [-0.15, -0.1) is 4.40 Å². The Bertz CT molecular complexity index is 502. The number of aliphatic carboxylic acids is 1. The minimum atomic E-state index is -3.55. The summed E-state index contributed by atoms with van der Waals surface area (Å²) in [5.41, 5.74) is -0.347. The number of fused-ring (bicyclic) bond motifs is 1. The van der Waals surface area contributed by atoms with Gasteiger partial charge in [-0.2, -0.15) is 0 Å². The fraction of sp³-hybridized carbons (Fsp3) is 0.286. The van der Waals surface area contributed by atoms with Crippen molar-refractivity contribution in [3.63, 3.8) is 0 Å². The number of carbonyl (C=O) groups is 1. The number of hydrogen-bond acceptors (Lipinski definition) is 5. The Morgan fingerprint density at radius 1 is 1.53 bits per heavy atom. The van der Waals surface area contributed by atoms with Crippen molar-refractivity contribution in [1.82, 2.24) is 4.90 Å². The van der Waals surface area contributed by atoms with Gasteiger partial charge in [0, 0.05) is 18.9 Å². The van der Waals surface area contributed by atoms with Gasteiger partial charge in [0.2, 0.25) is 0 Å². The molecule has 0 aromatic rings. The van der Waals surface area contributed by atoms with Crippen LogP contribution in [0.5, 0.6) is 0 Å². The molecule has 0 aromatic carbocycles. The number of carboxylic acid groups (broad SMARTS) is 1. The van der Waals surface area contributed by atoms with Gasteiger partial charge < -0.3 is 10.0 Å². The van der Waals surface area contributed by atoms with E-state index in [1.54, 1.807) is 0 Å². The highest BCUT2D eigenvalue weighted by Crippen LogP contribution is 2.12. The third-order valence-corrected chi connectivity index (χ3v) is 3.10. The van der Waals surface area contributed by atoms with Crippen LogP contribution in [0.3, 0.4) is 0 Å². The topological polar surface area (TPSA) is 99.4 Å². The van der Waals surface area contributed by atoms with Crippen molar-refractivity contribution in [2.75, 3.05) is 12.3 Å². The number of amidine groups is 1. The van der Waals surface area contributed by atoms with Crippen LogP contribution in [0, 0.1) is 0 Å². The molecule has 2 aliphatic rings. The van der Waals surface area contributed by atoms with Crippen molar-refractivity contribution >= 4 is 27.5 Å². The summed E-state index contributed by atoms with van der Waals surface area (Å²) < 4.78 is 25.8. The molecule has 0 radical (unpaired) electrons. The van der Waals surface area contributed by atoms with Gasteiger partial charge in [0.1, 0.15) is 0 Å². The lowest BCUT2D eigenvalue weighted by molar-refractivity contribution is -0.129. The first kappa shape index (κ1) is 9.84. The van der Waals surface area contributed by atoms with E-state index < -0.39 is 16.0 Å². The molecule has 0 atom stereocenters. The van der Waals surface area contributed by atoms with E-state index in [2.05, 4.69) is 9.39 Å². The Balaban J connectivity index is 2.52. The standard InChI is InChI=1S/C7H7N3O4S/c11-7(12)5-6-9-15(13,14)4-3-10(6)2-1-8-5/h1-2H,3-4H2,(H,11,12). The molecule has 2 rings (SSSR count). The zero-order chi connectivity index (χ0) is 11.1. The molecule has 0 spiro atoms. The molecule has 7 nitrogen and oxygen atoms in total. The lowest BCUT2D eigenvalue weighted by Crippen LogP contribution is -2.44. The molecule has 8 heteroatoms. The minimum Gasteiger partial charge on any atom is -0.476 e. The van der Waals surface area contributed by atoms with E-state index in [0.29, 0.717) is 0 Å². The zero-order valence-electron chi connectivity index (χ0n) is 7.49. The first-order valence-electron chi connectivity index (χ1n) is 4.07. The number of carboxylic acids is 1. The summed E-state index contributed by atoms with van der Waals surface area (Å²) >= 11 is 0. The van der Waals surface area contributed by atoms with Crippen molar-refractivity contribution in [3.8, 4) is 0 Å². The summed E-state index contributed by atoms with van der Waals surface area (Å²) in [6.07, 6.45) is 2.81. The van der Waals surface area contributed by atoms with Crippen LogP contribution in [0.25, 0.3) is 0 Å². The number of hydrogen-bond donors (Lipinski definition) is 1. The average Bonchev–Trinajstić information content (AvgIpc) is 2.15. The van der Waals surface area contributed by atoms with E-state index >= 15 is 0 Å². The number of aliphatic imine (C=N–C) groups is 1. The molecule has 0 aromatic heterocycles. The molecule has 0 saturated heterocycles. The summed E-state index contributed by atoms with van der Waals surface area (Å²) in [4.78, 5) is 15.8. The van der Waals surface area contributed by atoms with Gasteiger partial charge in [-0.1, -0.05) is 0 Å². The van der Waals surface area contributed by atoms with Gasteiger partial charge in [-0.05, 0) is 0 Å². The van der Waals surface area contributed by atoms with E-state index in [0.717, 1.165) is 0 Å². The average molecular weight is 229 g/mol. The second-order valence-corrected chi connectivity index (χ2v) is 4.73. The number of rotatable bonds is 1. The molecule has 2 aliphatic heterocycles. The van der Waals surface area contributed by atoms with Crippen LogP contribution in [0.15, 0.2) is 21.8 Å². The van der Waals surface area contributed by atoms with E-state index in [9.17, 15) is 13.2 Å². The largest absolute Gasteiger partial charge is 0.476 e. The van der Waals surface area contributed by atoms with Crippen molar-refractivity contribution in [1.29, 1.82) is 0 Å². The molecule has 1 N–H and O–H groups in total. The van der Waals surface area contributed by atoms with Crippen LogP contribution in [0.2, 0.25) is 0 Å². The van der Waals surface area contributed by atoms with Gasteiger partial charge in [-0.3, -0.25) is 0 Å². The van der Waals surface area contributed by atoms with Crippen LogP contribution in [0.4, 0.5) is 0 Å². The van der Waals surface area contributed by atoms with Crippen LogP contribution in [-0.2, 0) is 14.8 Å². The summed E-state index contributed by atoms with van der Waals surface area (Å²) in [7, 11) is -3.55. The molecule has 0 bridgehead atoms. The molecule has 0 saturated carbocycles. The lowest BCUT2D eigenvalue weighted by atomic mass is 10.3. The minimum absolute atomic E-state index is 0.115. The summed E-state index contributed by atoms with van der Waals surface area (Å²) in [5, 5.41) is 8.78. The van der Waals surface area contributed by atoms with Gasteiger partial charge in [0.15, 0.2) is 11.5 Å². The van der Waals surface area contributed by atoms with Gasteiger partial charge in [-0.25, -0.2) is 18.2 Å². The van der Waals surface area contributed by atoms with E-state index in [-0.39, 0.29) is 23.8 Å². The van der Waals surface area contributed by atoms with E-state index in [1.165, 1.54) is 17.3 Å². The summed E-state index contributed by atoms with van der Waals surface area (Å²) in [6, 6.07) is 0. The van der Waals surface area contributed by atoms with Crippen molar-refractivity contribution < 1.29 is 18.3 Å². The monoisotopic (exact) mass is 229 g/mol. The molecule has 0 amide bonds. The predicted molar refractivity (Wildman–Crippen MR) is 52.1 cm³/mol. The Kier molecular flexibility index (Phi) is 2.07. The smallest absolute Gasteiger partial charge is 0.358 e. The summed E-state index contributed by atoms with van der Waals surface area (Å²) in [5.74, 6) is -1.52. The highest BCUT2D eigenvalue weighted by Gasteiger charge is 2.31. The Morgan fingerprint density at radius 2 is 2.27 bits per heavy atom. The summed E-state index contributed by atoms with van der Waals surface area (Å²) in [6.45, 7) is 0.198. The van der Waals surface area contributed by atoms with Crippen molar-refractivity contribution in [2.24, 2.45) is 9.39 Å². The van der Waals surface area contributed by atoms with Gasteiger partial charge in [0.25, 0.3) is 10.0 Å². The fourth-order valence-electron chi connectivity index (χ4n) is 1.27. The third-order valence-electron chi connectivity index (χ3n) is 1.95. The van der Waals surface area contributed by atoms with Gasteiger partial charge >= 0.3 is 5.97 Å². The second-order valence-electron chi connectivity index (χ2n) is 2.98. The highest BCUT2D eigenvalue weighted by molar-refractivity contribution is 7.90. The van der Waals surface area contributed by atoms with Crippen molar-refractivity contribution in [2.45, 2.75) is 0 Å². The van der Waals surface area contributed by atoms with Crippen LogP contribution < -0.4 is 0 Å². The maximum absolute atomic E-state index is 11.2. The fourth-order valence-corrected chi connectivity index (χ4v) is 2.24. The molecule has 0 fully saturated rings. The van der Waals surface area contributed by atoms with E-state index in [1.807, 2.05) is 0 Å². The first-order chi connectivity index (χ1) is 6.99. The Labute approximate surface area is 85.5 Å². The Hall–Kier alpha value is -1.70.